The number of amides is 1. The number of hydrogen-bond donors (Lipinski definition) is 2. The van der Waals surface area contributed by atoms with Crippen molar-refractivity contribution >= 4 is 5.91 Å². The first-order valence-corrected chi connectivity index (χ1v) is 8.77. The maximum atomic E-state index is 12.1. The normalized spacial score (nSPS) is 19.7. The van der Waals surface area contributed by atoms with Crippen molar-refractivity contribution in [2.45, 2.75) is 64.6 Å². The zero-order valence-corrected chi connectivity index (χ0v) is 15.1. The van der Waals surface area contributed by atoms with Crippen molar-refractivity contribution in [2.75, 3.05) is 0 Å². The number of carbonyl (C=O) groups is 1. The minimum atomic E-state index is -0.106. The number of rotatable bonds is 7. The topological polar surface area (TPSA) is 97.9 Å². The molecule has 1 aliphatic carbocycles. The van der Waals surface area contributed by atoms with Crippen LogP contribution in [0.5, 0.6) is 0 Å². The van der Waals surface area contributed by atoms with Gasteiger partial charge in [0.1, 0.15) is 12.4 Å². The van der Waals surface area contributed by atoms with Gasteiger partial charge in [-0.25, -0.2) is 0 Å². The summed E-state index contributed by atoms with van der Waals surface area (Å²) >= 11 is 0. The Hall–Kier alpha value is -2.22. The molecule has 0 bridgehead atoms. The molecular weight excluding hydrogens is 320 g/mol. The number of aliphatic hydroxyl groups excluding tert-OH is 1. The lowest BCUT2D eigenvalue weighted by Gasteiger charge is -2.35. The maximum absolute atomic E-state index is 12.1. The van der Waals surface area contributed by atoms with Gasteiger partial charge < -0.3 is 15.0 Å². The van der Waals surface area contributed by atoms with Crippen LogP contribution in [0.4, 0.5) is 0 Å². The Morgan fingerprint density at radius 3 is 2.72 bits per heavy atom. The number of aliphatic hydroxyl groups is 1. The summed E-state index contributed by atoms with van der Waals surface area (Å²) in [5, 5.41) is 24.8. The standard InChI is InChI=1S/C17H26N6O2/c1-11-7-12(2)23(21-11)6-4-5-16(25)18-14-8-13(9-14)17-20-19-15(10-24)22(17)3/h7,13-14,24H,4-6,8-10H2,1-3H3,(H,18,25). The van der Waals surface area contributed by atoms with E-state index in [9.17, 15) is 9.90 Å². The monoisotopic (exact) mass is 346 g/mol. The van der Waals surface area contributed by atoms with Gasteiger partial charge in [0.25, 0.3) is 0 Å². The third-order valence-corrected chi connectivity index (χ3v) is 4.89. The largest absolute Gasteiger partial charge is 0.388 e. The molecule has 2 aromatic heterocycles. The Morgan fingerprint density at radius 1 is 1.36 bits per heavy atom. The summed E-state index contributed by atoms with van der Waals surface area (Å²) < 4.78 is 3.80. The number of hydrogen-bond acceptors (Lipinski definition) is 5. The highest BCUT2D eigenvalue weighted by Crippen LogP contribution is 2.35. The van der Waals surface area contributed by atoms with Crippen molar-refractivity contribution in [1.29, 1.82) is 0 Å². The molecule has 1 saturated carbocycles. The zero-order chi connectivity index (χ0) is 18.0. The van der Waals surface area contributed by atoms with Crippen LogP contribution in [0.2, 0.25) is 0 Å². The van der Waals surface area contributed by atoms with Gasteiger partial charge in [0, 0.05) is 37.7 Å². The highest BCUT2D eigenvalue weighted by atomic mass is 16.3. The lowest BCUT2D eigenvalue weighted by atomic mass is 9.79. The third kappa shape index (κ3) is 3.89. The predicted molar refractivity (Wildman–Crippen MR) is 91.8 cm³/mol. The van der Waals surface area contributed by atoms with E-state index in [0.717, 1.165) is 43.0 Å². The predicted octanol–water partition coefficient (Wildman–Crippen LogP) is 0.963. The van der Waals surface area contributed by atoms with Crippen LogP contribution < -0.4 is 5.32 Å². The van der Waals surface area contributed by atoms with Gasteiger partial charge in [0.2, 0.25) is 5.91 Å². The molecule has 0 unspecified atom stereocenters. The average Bonchev–Trinajstić information content (AvgIpc) is 3.04. The number of nitrogens with zero attached hydrogens (tertiary/aromatic N) is 5. The quantitative estimate of drug-likeness (QED) is 0.778. The molecule has 0 radical (unpaired) electrons. The first-order valence-electron chi connectivity index (χ1n) is 8.77. The van der Waals surface area contributed by atoms with Gasteiger partial charge in [0.15, 0.2) is 5.82 Å². The summed E-state index contributed by atoms with van der Waals surface area (Å²) in [6, 6.07) is 2.25. The molecule has 2 heterocycles. The van der Waals surface area contributed by atoms with E-state index in [0.29, 0.717) is 18.2 Å². The Balaban J connectivity index is 1.38. The molecule has 0 spiro atoms. The molecule has 0 saturated heterocycles. The number of aryl methyl sites for hydroxylation is 3. The Labute approximate surface area is 147 Å². The van der Waals surface area contributed by atoms with Crippen molar-refractivity contribution in [3.63, 3.8) is 0 Å². The molecule has 0 atom stereocenters. The second-order valence-corrected chi connectivity index (χ2v) is 6.88. The van der Waals surface area contributed by atoms with Gasteiger partial charge in [-0.1, -0.05) is 0 Å². The van der Waals surface area contributed by atoms with Crippen LogP contribution in [0.1, 0.15) is 54.6 Å². The maximum Gasteiger partial charge on any atom is 0.220 e. The molecule has 25 heavy (non-hydrogen) atoms. The molecule has 8 heteroatoms. The number of carbonyl (C=O) groups excluding carboxylic acids is 1. The minimum Gasteiger partial charge on any atom is -0.388 e. The minimum absolute atomic E-state index is 0.0963. The molecule has 1 amide bonds. The molecule has 0 aliphatic heterocycles. The molecule has 2 aromatic rings. The van der Waals surface area contributed by atoms with Crippen LogP contribution in [-0.2, 0) is 25.0 Å². The van der Waals surface area contributed by atoms with Crippen molar-refractivity contribution in [3.8, 4) is 0 Å². The molecule has 8 nitrogen and oxygen atoms in total. The van der Waals surface area contributed by atoms with Gasteiger partial charge in [-0.05, 0) is 39.2 Å². The molecular formula is C17H26N6O2. The molecule has 136 valence electrons. The van der Waals surface area contributed by atoms with E-state index in [-0.39, 0.29) is 18.6 Å². The van der Waals surface area contributed by atoms with E-state index < -0.39 is 0 Å². The Morgan fingerprint density at radius 2 is 2.12 bits per heavy atom. The van der Waals surface area contributed by atoms with Gasteiger partial charge >= 0.3 is 0 Å². The van der Waals surface area contributed by atoms with Crippen LogP contribution in [0.15, 0.2) is 6.07 Å². The molecule has 0 aromatic carbocycles. The van der Waals surface area contributed by atoms with Crippen LogP contribution in [-0.4, -0.2) is 41.6 Å². The molecule has 1 aliphatic rings. The van der Waals surface area contributed by atoms with Crippen molar-refractivity contribution in [1.82, 2.24) is 29.9 Å². The van der Waals surface area contributed by atoms with E-state index in [1.807, 2.05) is 36.2 Å². The summed E-state index contributed by atoms with van der Waals surface area (Å²) in [5.74, 6) is 1.86. The number of nitrogens with one attached hydrogen (secondary N) is 1. The van der Waals surface area contributed by atoms with Crippen LogP contribution in [0.3, 0.4) is 0 Å². The van der Waals surface area contributed by atoms with Gasteiger partial charge in [-0.15, -0.1) is 10.2 Å². The van der Waals surface area contributed by atoms with E-state index >= 15 is 0 Å². The smallest absolute Gasteiger partial charge is 0.220 e. The molecule has 1 fully saturated rings. The fourth-order valence-corrected chi connectivity index (χ4v) is 3.41. The second kappa shape index (κ2) is 7.35. The van der Waals surface area contributed by atoms with Crippen molar-refractivity contribution in [3.05, 3.63) is 29.1 Å². The lowest BCUT2D eigenvalue weighted by Crippen LogP contribution is -2.44. The Bertz CT molecular complexity index is 744. The lowest BCUT2D eigenvalue weighted by molar-refractivity contribution is -0.122. The van der Waals surface area contributed by atoms with Crippen molar-refractivity contribution in [2.24, 2.45) is 7.05 Å². The van der Waals surface area contributed by atoms with Crippen LogP contribution in [0.25, 0.3) is 0 Å². The van der Waals surface area contributed by atoms with Crippen LogP contribution >= 0.6 is 0 Å². The zero-order valence-electron chi connectivity index (χ0n) is 15.1. The highest BCUT2D eigenvalue weighted by Gasteiger charge is 2.34. The fourth-order valence-electron chi connectivity index (χ4n) is 3.41. The summed E-state index contributed by atoms with van der Waals surface area (Å²) in [6.45, 7) is 4.67. The van der Waals surface area contributed by atoms with Crippen LogP contribution in [0, 0.1) is 13.8 Å². The first kappa shape index (κ1) is 17.6. The second-order valence-electron chi connectivity index (χ2n) is 6.88. The summed E-state index contributed by atoms with van der Waals surface area (Å²) in [7, 11) is 1.87. The third-order valence-electron chi connectivity index (χ3n) is 4.89. The van der Waals surface area contributed by atoms with E-state index in [4.69, 9.17) is 0 Å². The summed E-state index contributed by atoms with van der Waals surface area (Å²) in [6.07, 6.45) is 3.05. The summed E-state index contributed by atoms with van der Waals surface area (Å²) in [4.78, 5) is 12.1. The average molecular weight is 346 g/mol. The number of aromatic nitrogens is 5. The van der Waals surface area contributed by atoms with E-state index in [1.165, 1.54) is 0 Å². The summed E-state index contributed by atoms with van der Waals surface area (Å²) in [5.41, 5.74) is 2.14. The SMILES string of the molecule is Cc1cc(C)n(CCCC(=O)NC2CC(c3nnc(CO)n3C)C2)n1. The fraction of sp³-hybridized carbons (Fsp3) is 0.647. The van der Waals surface area contributed by atoms with E-state index in [1.54, 1.807) is 0 Å². The van der Waals surface area contributed by atoms with Gasteiger partial charge in [0.05, 0.1) is 5.69 Å². The molecule has 3 rings (SSSR count). The first-order chi connectivity index (χ1) is 12.0. The highest BCUT2D eigenvalue weighted by molar-refractivity contribution is 5.76. The Kier molecular flexibility index (Phi) is 5.17. The van der Waals surface area contributed by atoms with Gasteiger partial charge in [-0.3, -0.25) is 9.48 Å². The van der Waals surface area contributed by atoms with Gasteiger partial charge in [-0.2, -0.15) is 5.10 Å². The van der Waals surface area contributed by atoms with Crippen molar-refractivity contribution < 1.29 is 9.90 Å². The van der Waals surface area contributed by atoms with E-state index in [2.05, 4.69) is 20.6 Å². The molecule has 2 N–H and O–H groups in total.